The number of rotatable bonds is 1. The average molecular weight is 324 g/mol. The van der Waals surface area contributed by atoms with E-state index in [1.54, 1.807) is 31.2 Å². The summed E-state index contributed by atoms with van der Waals surface area (Å²) in [5, 5.41) is 1.35. The number of benzene rings is 1. The summed E-state index contributed by atoms with van der Waals surface area (Å²) in [7, 11) is 0. The van der Waals surface area contributed by atoms with Crippen molar-refractivity contribution in [1.29, 1.82) is 0 Å². The van der Waals surface area contributed by atoms with Crippen LogP contribution in [0.3, 0.4) is 0 Å². The first-order chi connectivity index (χ1) is 11.5. The van der Waals surface area contributed by atoms with Gasteiger partial charge in [0.25, 0.3) is 5.56 Å². The topological polar surface area (TPSA) is 87.5 Å². The number of ether oxygens (including phenoxy) is 1. The van der Waals surface area contributed by atoms with Crippen LogP contribution in [0.1, 0.15) is 28.7 Å². The Morgan fingerprint density at radius 3 is 2.75 bits per heavy atom. The summed E-state index contributed by atoms with van der Waals surface area (Å²) in [5.74, 6) is -1.12. The SMILES string of the molecule is CC(=O)On1c(=O)c2c(C)nc3c(c2c2ccccc21)C(=O)OC3. The number of carbonyl (C=O) groups is 2. The largest absolute Gasteiger partial charge is 0.455 e. The van der Waals surface area contributed by atoms with Gasteiger partial charge in [0.05, 0.1) is 27.9 Å². The van der Waals surface area contributed by atoms with E-state index in [2.05, 4.69) is 4.98 Å². The van der Waals surface area contributed by atoms with Crippen molar-refractivity contribution in [1.82, 2.24) is 9.71 Å². The number of aromatic nitrogens is 2. The summed E-state index contributed by atoms with van der Waals surface area (Å²) < 4.78 is 6.02. The zero-order chi connectivity index (χ0) is 17.0. The summed E-state index contributed by atoms with van der Waals surface area (Å²) in [6.45, 7) is 2.99. The van der Waals surface area contributed by atoms with Gasteiger partial charge in [0.15, 0.2) is 0 Å². The highest BCUT2D eigenvalue weighted by Gasteiger charge is 2.29. The van der Waals surface area contributed by atoms with Crippen LogP contribution in [0.15, 0.2) is 29.1 Å². The summed E-state index contributed by atoms with van der Waals surface area (Å²) in [6.07, 6.45) is 0. The molecule has 24 heavy (non-hydrogen) atoms. The maximum atomic E-state index is 12.9. The Balaban J connectivity index is 2.31. The molecule has 0 amide bonds. The average Bonchev–Trinajstić information content (AvgIpc) is 2.91. The van der Waals surface area contributed by atoms with Crippen LogP contribution in [0.5, 0.6) is 0 Å². The molecule has 3 aromatic rings. The molecule has 1 aliphatic heterocycles. The van der Waals surface area contributed by atoms with E-state index >= 15 is 0 Å². The molecule has 0 aliphatic carbocycles. The minimum atomic E-state index is -0.618. The Kier molecular flexibility index (Phi) is 2.93. The first kappa shape index (κ1) is 14.4. The second kappa shape index (κ2) is 4.89. The number of pyridine rings is 2. The zero-order valence-electron chi connectivity index (χ0n) is 13.0. The lowest BCUT2D eigenvalue weighted by molar-refractivity contribution is -0.141. The number of carbonyl (C=O) groups excluding carboxylic acids is 2. The predicted molar refractivity (Wildman–Crippen MR) is 84.6 cm³/mol. The van der Waals surface area contributed by atoms with Crippen LogP contribution in [0.2, 0.25) is 0 Å². The summed E-state index contributed by atoms with van der Waals surface area (Å²) in [5.41, 5.74) is 1.14. The van der Waals surface area contributed by atoms with Crippen LogP contribution in [0, 0.1) is 6.92 Å². The molecule has 0 saturated carbocycles. The van der Waals surface area contributed by atoms with Crippen molar-refractivity contribution >= 4 is 33.6 Å². The van der Waals surface area contributed by atoms with Gasteiger partial charge in [-0.05, 0) is 13.0 Å². The predicted octanol–water partition coefficient (Wildman–Crippen LogP) is 1.50. The van der Waals surface area contributed by atoms with Crippen LogP contribution in [0.25, 0.3) is 21.7 Å². The first-order valence-corrected chi connectivity index (χ1v) is 7.32. The maximum absolute atomic E-state index is 12.9. The molecule has 0 radical (unpaired) electrons. The lowest BCUT2D eigenvalue weighted by Gasteiger charge is -2.13. The fourth-order valence-electron chi connectivity index (χ4n) is 3.12. The van der Waals surface area contributed by atoms with Crippen LogP contribution < -0.4 is 10.4 Å². The van der Waals surface area contributed by atoms with Crippen molar-refractivity contribution in [2.75, 3.05) is 0 Å². The van der Waals surface area contributed by atoms with E-state index in [4.69, 9.17) is 9.57 Å². The van der Waals surface area contributed by atoms with Crippen molar-refractivity contribution in [2.24, 2.45) is 0 Å². The fraction of sp³-hybridized carbons (Fsp3) is 0.176. The van der Waals surface area contributed by atoms with E-state index in [-0.39, 0.29) is 12.0 Å². The third-order valence-electron chi connectivity index (χ3n) is 4.01. The van der Waals surface area contributed by atoms with Gasteiger partial charge in [-0.25, -0.2) is 9.59 Å². The third-order valence-corrected chi connectivity index (χ3v) is 4.01. The van der Waals surface area contributed by atoms with E-state index in [0.29, 0.717) is 33.2 Å². The van der Waals surface area contributed by atoms with Crippen molar-refractivity contribution in [3.63, 3.8) is 0 Å². The molecule has 0 saturated heterocycles. The molecule has 0 bridgehead atoms. The molecule has 7 heteroatoms. The molecule has 7 nitrogen and oxygen atoms in total. The summed E-state index contributed by atoms with van der Waals surface area (Å²) in [6, 6.07) is 6.93. The Bertz CT molecular complexity index is 1110. The molecule has 0 spiro atoms. The van der Waals surface area contributed by atoms with Gasteiger partial charge >= 0.3 is 11.9 Å². The maximum Gasteiger partial charge on any atom is 0.341 e. The molecule has 0 fully saturated rings. The molecule has 1 aromatic carbocycles. The summed E-state index contributed by atoms with van der Waals surface area (Å²) in [4.78, 5) is 45.9. The Morgan fingerprint density at radius 1 is 1.25 bits per heavy atom. The van der Waals surface area contributed by atoms with E-state index in [9.17, 15) is 14.4 Å². The van der Waals surface area contributed by atoms with Gasteiger partial charge in [-0.15, -0.1) is 4.73 Å². The molecular weight excluding hydrogens is 312 g/mol. The van der Waals surface area contributed by atoms with Crippen molar-refractivity contribution in [3.8, 4) is 0 Å². The smallest absolute Gasteiger partial charge is 0.341 e. The van der Waals surface area contributed by atoms with Gasteiger partial charge in [-0.3, -0.25) is 9.78 Å². The molecule has 2 aromatic heterocycles. The van der Waals surface area contributed by atoms with Crippen molar-refractivity contribution in [3.05, 3.63) is 51.6 Å². The van der Waals surface area contributed by atoms with Crippen LogP contribution in [-0.4, -0.2) is 21.7 Å². The van der Waals surface area contributed by atoms with E-state index in [0.717, 1.165) is 4.73 Å². The quantitative estimate of drug-likeness (QED) is 0.498. The van der Waals surface area contributed by atoms with Gasteiger partial charge in [0.2, 0.25) is 0 Å². The number of hydrogen-bond donors (Lipinski definition) is 0. The minimum Gasteiger partial charge on any atom is -0.455 e. The molecule has 0 unspecified atom stereocenters. The van der Waals surface area contributed by atoms with E-state index in [1.165, 1.54) is 6.92 Å². The van der Waals surface area contributed by atoms with Gasteiger partial charge in [0.1, 0.15) is 6.61 Å². The van der Waals surface area contributed by atoms with Gasteiger partial charge < -0.3 is 9.57 Å². The number of hydrogen-bond acceptors (Lipinski definition) is 6. The van der Waals surface area contributed by atoms with E-state index in [1.807, 2.05) is 0 Å². The number of cyclic esters (lactones) is 1. The molecule has 1 aliphatic rings. The number of aryl methyl sites for hydroxylation is 1. The second-order valence-electron chi connectivity index (χ2n) is 5.54. The third kappa shape index (κ3) is 1.84. The molecule has 0 atom stereocenters. The Morgan fingerprint density at radius 2 is 2.00 bits per heavy atom. The molecule has 120 valence electrons. The second-order valence-corrected chi connectivity index (χ2v) is 5.54. The van der Waals surface area contributed by atoms with Crippen molar-refractivity contribution < 1.29 is 19.2 Å². The Hall–Kier alpha value is -3.22. The molecule has 4 rings (SSSR count). The fourth-order valence-corrected chi connectivity index (χ4v) is 3.12. The highest BCUT2D eigenvalue weighted by Crippen LogP contribution is 2.32. The highest BCUT2D eigenvalue weighted by molar-refractivity contribution is 6.17. The Labute approximate surface area is 135 Å². The zero-order valence-corrected chi connectivity index (χ0v) is 13.0. The molecular formula is C17H12N2O5. The molecule has 3 heterocycles. The van der Waals surface area contributed by atoms with Gasteiger partial charge in [-0.2, -0.15) is 0 Å². The lowest BCUT2D eigenvalue weighted by Crippen LogP contribution is -2.31. The number of nitrogens with zero attached hydrogens (tertiary/aromatic N) is 2. The van der Waals surface area contributed by atoms with Gasteiger partial charge in [0, 0.05) is 17.7 Å². The number of fused-ring (bicyclic) bond motifs is 5. The monoisotopic (exact) mass is 324 g/mol. The normalized spacial score (nSPS) is 13.2. The number of esters is 1. The molecule has 0 N–H and O–H groups in total. The number of para-hydroxylation sites is 1. The van der Waals surface area contributed by atoms with E-state index < -0.39 is 17.5 Å². The van der Waals surface area contributed by atoms with Crippen LogP contribution in [-0.2, 0) is 16.1 Å². The first-order valence-electron chi connectivity index (χ1n) is 7.32. The van der Waals surface area contributed by atoms with Crippen LogP contribution >= 0.6 is 0 Å². The minimum absolute atomic E-state index is 0.0896. The van der Waals surface area contributed by atoms with Crippen molar-refractivity contribution in [2.45, 2.75) is 20.5 Å². The standard InChI is InChI=1S/C17H12N2O5/c1-8-13-14(15-11(18-8)7-23-17(15)22)10-5-3-4-6-12(10)19(16(13)21)24-9(2)20/h3-6H,7H2,1-2H3. The highest BCUT2D eigenvalue weighted by atomic mass is 16.7. The van der Waals surface area contributed by atoms with Gasteiger partial charge in [-0.1, -0.05) is 18.2 Å². The van der Waals surface area contributed by atoms with Crippen LogP contribution in [0.4, 0.5) is 0 Å². The summed E-state index contributed by atoms with van der Waals surface area (Å²) >= 11 is 0. The lowest BCUT2D eigenvalue weighted by atomic mass is 10.00.